The number of carbonyl (C=O) groups is 1. The predicted molar refractivity (Wildman–Crippen MR) is 97.6 cm³/mol. The first-order chi connectivity index (χ1) is 13.1. The zero-order chi connectivity index (χ0) is 19.2. The van der Waals surface area contributed by atoms with E-state index < -0.39 is 5.82 Å². The molecule has 0 saturated carbocycles. The summed E-state index contributed by atoms with van der Waals surface area (Å²) in [6, 6.07) is 12.6. The van der Waals surface area contributed by atoms with Crippen molar-refractivity contribution in [2.75, 3.05) is 13.7 Å². The van der Waals surface area contributed by atoms with Gasteiger partial charge in [0.25, 0.3) is 5.91 Å². The first-order valence-corrected chi connectivity index (χ1v) is 8.23. The van der Waals surface area contributed by atoms with Gasteiger partial charge in [0.15, 0.2) is 0 Å². The summed E-state index contributed by atoms with van der Waals surface area (Å²) >= 11 is 0. The zero-order valence-corrected chi connectivity index (χ0v) is 14.8. The summed E-state index contributed by atoms with van der Waals surface area (Å²) in [6.07, 6.45) is 1.60. The van der Waals surface area contributed by atoms with Gasteiger partial charge in [-0.1, -0.05) is 11.2 Å². The van der Waals surface area contributed by atoms with E-state index in [1.54, 1.807) is 25.3 Å². The first kappa shape index (κ1) is 18.3. The lowest BCUT2D eigenvalue weighted by atomic mass is 10.2. The molecule has 1 aromatic heterocycles. The summed E-state index contributed by atoms with van der Waals surface area (Å²) in [6.45, 7) is 4.07. The highest BCUT2D eigenvalue weighted by Crippen LogP contribution is 2.20. The van der Waals surface area contributed by atoms with Crippen LogP contribution in [0.3, 0.4) is 0 Å². The number of aromatic nitrogens is 2. The zero-order valence-electron chi connectivity index (χ0n) is 14.8. The van der Waals surface area contributed by atoms with Crippen molar-refractivity contribution in [3.8, 4) is 17.1 Å². The Labute approximate surface area is 155 Å². The van der Waals surface area contributed by atoms with Crippen LogP contribution in [0.2, 0.25) is 0 Å². The van der Waals surface area contributed by atoms with E-state index in [1.165, 1.54) is 29.2 Å². The van der Waals surface area contributed by atoms with Crippen LogP contribution >= 0.6 is 0 Å². The number of ether oxygens (including phenoxy) is 1. The number of hydrogen-bond acceptors (Lipinski definition) is 5. The normalized spacial score (nSPS) is 10.4. The summed E-state index contributed by atoms with van der Waals surface area (Å²) in [5.41, 5.74) is 1.14. The van der Waals surface area contributed by atoms with Gasteiger partial charge in [-0.25, -0.2) is 4.39 Å². The van der Waals surface area contributed by atoms with E-state index in [0.717, 1.165) is 11.3 Å². The van der Waals surface area contributed by atoms with E-state index in [-0.39, 0.29) is 24.9 Å². The lowest BCUT2D eigenvalue weighted by Gasteiger charge is -2.19. The predicted octanol–water partition coefficient (Wildman–Crippen LogP) is 3.71. The monoisotopic (exact) mass is 367 g/mol. The SMILES string of the molecule is C=CCN(Cc1nc(-c2ccc(OC)cc2)no1)C(=O)c1ccc(F)cc1. The standard InChI is InChI=1S/C20H18FN3O3/c1-3-12-24(20(25)15-4-8-16(21)9-5-15)13-18-22-19(23-27-18)14-6-10-17(26-2)11-7-14/h3-11H,1,12-13H2,2H3. The highest BCUT2D eigenvalue weighted by Gasteiger charge is 2.19. The minimum absolute atomic E-state index is 0.116. The molecule has 6 nitrogen and oxygen atoms in total. The van der Waals surface area contributed by atoms with Crippen molar-refractivity contribution in [3.05, 3.63) is 78.5 Å². The van der Waals surface area contributed by atoms with Crippen molar-refractivity contribution in [3.63, 3.8) is 0 Å². The molecule has 0 radical (unpaired) electrons. The molecule has 0 spiro atoms. The van der Waals surface area contributed by atoms with Crippen molar-refractivity contribution in [2.45, 2.75) is 6.54 Å². The number of carbonyl (C=O) groups excluding carboxylic acids is 1. The van der Waals surface area contributed by atoms with Crippen LogP contribution in [0.25, 0.3) is 11.4 Å². The van der Waals surface area contributed by atoms with Gasteiger partial charge in [-0.2, -0.15) is 4.98 Å². The van der Waals surface area contributed by atoms with Crippen LogP contribution in [0.5, 0.6) is 5.75 Å². The highest BCUT2D eigenvalue weighted by atomic mass is 19.1. The Kier molecular flexibility index (Phi) is 5.61. The largest absolute Gasteiger partial charge is 0.497 e. The molecule has 0 aliphatic heterocycles. The van der Waals surface area contributed by atoms with Gasteiger partial charge in [0.1, 0.15) is 18.1 Å². The molecule has 0 N–H and O–H groups in total. The van der Waals surface area contributed by atoms with Gasteiger partial charge < -0.3 is 14.2 Å². The van der Waals surface area contributed by atoms with Crippen molar-refractivity contribution in [1.82, 2.24) is 15.0 Å². The minimum atomic E-state index is -0.400. The van der Waals surface area contributed by atoms with Gasteiger partial charge in [0.2, 0.25) is 11.7 Å². The number of nitrogens with zero attached hydrogens (tertiary/aromatic N) is 3. The van der Waals surface area contributed by atoms with Crippen LogP contribution in [-0.2, 0) is 6.54 Å². The maximum atomic E-state index is 13.1. The van der Waals surface area contributed by atoms with Gasteiger partial charge in [0, 0.05) is 17.7 Å². The Morgan fingerprint density at radius 3 is 2.56 bits per heavy atom. The fourth-order valence-corrected chi connectivity index (χ4v) is 2.49. The number of rotatable bonds is 7. The third-order valence-electron chi connectivity index (χ3n) is 3.87. The Balaban J connectivity index is 1.76. The molecule has 0 saturated heterocycles. The Hall–Kier alpha value is -3.48. The molecule has 0 fully saturated rings. The van der Waals surface area contributed by atoms with Gasteiger partial charge in [-0.05, 0) is 48.5 Å². The average molecular weight is 367 g/mol. The van der Waals surface area contributed by atoms with Gasteiger partial charge in [-0.3, -0.25) is 4.79 Å². The molecular weight excluding hydrogens is 349 g/mol. The Morgan fingerprint density at radius 2 is 1.93 bits per heavy atom. The number of amides is 1. The molecule has 0 aliphatic carbocycles. The molecule has 27 heavy (non-hydrogen) atoms. The molecular formula is C20H18FN3O3. The molecule has 0 unspecified atom stereocenters. The Morgan fingerprint density at radius 1 is 1.22 bits per heavy atom. The van der Waals surface area contributed by atoms with E-state index in [2.05, 4.69) is 16.7 Å². The molecule has 7 heteroatoms. The maximum Gasteiger partial charge on any atom is 0.254 e. The summed E-state index contributed by atoms with van der Waals surface area (Å²) in [5.74, 6) is 0.755. The number of benzene rings is 2. The molecule has 0 bridgehead atoms. The van der Waals surface area contributed by atoms with Crippen LogP contribution in [0.4, 0.5) is 4.39 Å². The van der Waals surface area contributed by atoms with E-state index in [1.807, 2.05) is 12.1 Å². The highest BCUT2D eigenvalue weighted by molar-refractivity contribution is 5.94. The molecule has 138 valence electrons. The van der Waals surface area contributed by atoms with Gasteiger partial charge in [-0.15, -0.1) is 6.58 Å². The summed E-state index contributed by atoms with van der Waals surface area (Å²) in [7, 11) is 1.59. The fraction of sp³-hybridized carbons (Fsp3) is 0.150. The summed E-state index contributed by atoms with van der Waals surface area (Å²) in [5, 5.41) is 3.96. The van der Waals surface area contributed by atoms with Crippen LogP contribution in [0, 0.1) is 5.82 Å². The van der Waals surface area contributed by atoms with Gasteiger partial charge >= 0.3 is 0 Å². The third-order valence-corrected chi connectivity index (χ3v) is 3.87. The molecule has 2 aromatic carbocycles. The fourth-order valence-electron chi connectivity index (χ4n) is 2.49. The second-order valence-electron chi connectivity index (χ2n) is 5.72. The smallest absolute Gasteiger partial charge is 0.254 e. The number of methoxy groups -OCH3 is 1. The van der Waals surface area contributed by atoms with E-state index in [0.29, 0.717) is 11.4 Å². The summed E-state index contributed by atoms with van der Waals surface area (Å²) < 4.78 is 23.5. The van der Waals surface area contributed by atoms with E-state index in [4.69, 9.17) is 9.26 Å². The van der Waals surface area contributed by atoms with Crippen molar-refractivity contribution in [2.24, 2.45) is 0 Å². The molecule has 0 aliphatic rings. The second-order valence-corrected chi connectivity index (χ2v) is 5.72. The average Bonchev–Trinajstić information content (AvgIpc) is 3.16. The molecule has 3 aromatic rings. The molecule has 1 heterocycles. The maximum absolute atomic E-state index is 13.1. The minimum Gasteiger partial charge on any atom is -0.497 e. The summed E-state index contributed by atoms with van der Waals surface area (Å²) in [4.78, 5) is 18.5. The van der Waals surface area contributed by atoms with Crippen molar-refractivity contribution < 1.29 is 18.4 Å². The van der Waals surface area contributed by atoms with Crippen molar-refractivity contribution in [1.29, 1.82) is 0 Å². The van der Waals surface area contributed by atoms with Crippen LogP contribution in [-0.4, -0.2) is 34.6 Å². The van der Waals surface area contributed by atoms with Crippen LogP contribution < -0.4 is 4.74 Å². The van der Waals surface area contributed by atoms with Crippen LogP contribution in [0.1, 0.15) is 16.2 Å². The topological polar surface area (TPSA) is 68.5 Å². The lowest BCUT2D eigenvalue weighted by molar-refractivity contribution is 0.0745. The number of halogens is 1. The molecule has 1 amide bonds. The van der Waals surface area contributed by atoms with Crippen LogP contribution in [0.15, 0.2) is 65.7 Å². The van der Waals surface area contributed by atoms with Crippen molar-refractivity contribution >= 4 is 5.91 Å². The third kappa shape index (κ3) is 4.38. The second kappa shape index (κ2) is 8.27. The Bertz CT molecular complexity index is 920. The van der Waals surface area contributed by atoms with E-state index >= 15 is 0 Å². The molecule has 3 rings (SSSR count). The first-order valence-electron chi connectivity index (χ1n) is 8.23. The van der Waals surface area contributed by atoms with Gasteiger partial charge in [0.05, 0.1) is 7.11 Å². The lowest BCUT2D eigenvalue weighted by Crippen LogP contribution is -2.30. The quantitative estimate of drug-likeness (QED) is 0.596. The van der Waals surface area contributed by atoms with E-state index in [9.17, 15) is 9.18 Å². The molecule has 0 atom stereocenters. The number of hydrogen-bond donors (Lipinski definition) is 0.